The third kappa shape index (κ3) is 6.75. The number of β-lactam (4-membered cyclic amide) rings is 1. The molecule has 4 aliphatic carbocycles. The van der Waals surface area contributed by atoms with Crippen LogP contribution in [0.25, 0.3) is 0 Å². The first-order valence-electron chi connectivity index (χ1n) is 23.1. The summed E-state index contributed by atoms with van der Waals surface area (Å²) in [7, 11) is 0. The van der Waals surface area contributed by atoms with Crippen LogP contribution < -0.4 is 4.90 Å². The Morgan fingerprint density at radius 1 is 0.509 bits per heavy atom. The first-order valence-corrected chi connectivity index (χ1v) is 23.1. The summed E-state index contributed by atoms with van der Waals surface area (Å²) in [5.41, 5.74) is 1.80. The number of nitrogens with zero attached hydrogens (tertiary/aromatic N) is 2. The summed E-state index contributed by atoms with van der Waals surface area (Å²) < 4.78 is 35.8. The van der Waals surface area contributed by atoms with Crippen molar-refractivity contribution in [1.29, 1.82) is 0 Å². The summed E-state index contributed by atoms with van der Waals surface area (Å²) in [4.78, 5) is 33.2. The van der Waals surface area contributed by atoms with Crippen molar-refractivity contribution in [2.24, 2.45) is 23.7 Å². The second-order valence-corrected chi connectivity index (χ2v) is 18.8. The van der Waals surface area contributed by atoms with Crippen LogP contribution in [0.4, 0.5) is 10.5 Å². The number of cyclic esters (lactones) is 1. The zero-order valence-corrected chi connectivity index (χ0v) is 33.9. The van der Waals surface area contributed by atoms with Gasteiger partial charge in [-0.15, -0.1) is 0 Å². The molecule has 4 saturated carbocycles. The van der Waals surface area contributed by atoms with Gasteiger partial charge >= 0.3 is 6.09 Å². The zero-order valence-electron chi connectivity index (χ0n) is 33.9. The highest BCUT2D eigenvalue weighted by Gasteiger charge is 2.66. The highest BCUT2D eigenvalue weighted by Crippen LogP contribution is 2.54. The van der Waals surface area contributed by atoms with Crippen LogP contribution in [0, 0.1) is 23.7 Å². The first-order chi connectivity index (χ1) is 28.1. The molecule has 57 heavy (non-hydrogen) atoms. The summed E-state index contributed by atoms with van der Waals surface area (Å²) in [5.74, 6) is -0.167. The van der Waals surface area contributed by atoms with Gasteiger partial charge in [-0.25, -0.2) is 4.79 Å². The van der Waals surface area contributed by atoms with Crippen LogP contribution in [0.1, 0.15) is 140 Å². The molecule has 308 valence electrons. The number of hydrogen-bond acceptors (Lipinski definition) is 7. The van der Waals surface area contributed by atoms with Gasteiger partial charge in [-0.05, 0) is 69.1 Å². The van der Waals surface area contributed by atoms with Crippen LogP contribution in [0.15, 0.2) is 60.7 Å². The number of ether oxygens (including phenoxy) is 5. The third-order valence-corrected chi connectivity index (χ3v) is 15.7. The fraction of sp³-hybridized carbons (Fsp3) is 0.708. The molecule has 0 bridgehead atoms. The van der Waals surface area contributed by atoms with Gasteiger partial charge in [0.15, 0.2) is 17.7 Å². The normalized spacial score (nSPS) is 34.4. The minimum absolute atomic E-state index is 0.107. The quantitative estimate of drug-likeness (QED) is 0.234. The minimum Gasteiger partial charge on any atom is -0.441 e. The van der Waals surface area contributed by atoms with Crippen molar-refractivity contribution in [3.05, 3.63) is 66.2 Å². The van der Waals surface area contributed by atoms with E-state index >= 15 is 0 Å². The SMILES string of the molecule is O=C1[C@@H](N2C(=O)O[C@H]([C@H]3COC(C4CCCCC4)(C4CCCCC4)O3)[C@H]2[C@H]2COC(C3CCCCC3)(C3CCCCC3)O2)[C@H](c2ccccc2)N1c1ccccc1. The fourth-order valence-electron chi connectivity index (χ4n) is 13.0. The second kappa shape index (κ2) is 16.2. The molecule has 0 spiro atoms. The van der Waals surface area contributed by atoms with E-state index in [1.807, 2.05) is 53.4 Å². The third-order valence-electron chi connectivity index (χ3n) is 15.7. The Kier molecular flexibility index (Phi) is 10.9. The number of anilines is 1. The standard InChI is InChI=1S/C48H64N2O7/c51-45-43(41(33-19-7-1-8-20-33)49(45)38-29-17-6-18-30-38)50-42(39-31-53-47(56-39,34-21-9-2-10-22-34)35-23-11-3-12-24-35)44(55-46(50)52)40-32-54-48(57-40,36-25-13-4-14-26-36)37-27-15-5-16-28-37/h1,6-8,17-20,29-30,34-37,39-44H,2-5,9-16,21-28,31-32H2/t39-,40-,41+,42-,43+,44-/m1/s1. The van der Waals surface area contributed by atoms with Crippen molar-refractivity contribution in [2.75, 3.05) is 18.1 Å². The van der Waals surface area contributed by atoms with E-state index < -0.39 is 48.1 Å². The van der Waals surface area contributed by atoms with E-state index in [2.05, 4.69) is 12.1 Å². The van der Waals surface area contributed by atoms with E-state index in [0.717, 1.165) is 62.6 Å². The van der Waals surface area contributed by atoms with E-state index in [1.165, 1.54) is 77.0 Å². The summed E-state index contributed by atoms with van der Waals surface area (Å²) in [6.07, 6.45) is 21.4. The number of para-hydroxylation sites is 1. The molecule has 8 fully saturated rings. The van der Waals surface area contributed by atoms with Gasteiger partial charge in [-0.3, -0.25) is 9.69 Å². The molecule has 9 heteroatoms. The maximum Gasteiger partial charge on any atom is 0.411 e. The van der Waals surface area contributed by atoms with Crippen molar-refractivity contribution in [1.82, 2.24) is 4.90 Å². The molecule has 6 atom stereocenters. The molecule has 0 aromatic heterocycles. The van der Waals surface area contributed by atoms with Crippen LogP contribution >= 0.6 is 0 Å². The molecule has 9 nitrogen and oxygen atoms in total. The molecule has 4 heterocycles. The Morgan fingerprint density at radius 3 is 1.44 bits per heavy atom. The molecule has 10 rings (SSSR count). The lowest BCUT2D eigenvalue weighted by atomic mass is 9.72. The Balaban J connectivity index is 1.03. The summed E-state index contributed by atoms with van der Waals surface area (Å²) >= 11 is 0. The van der Waals surface area contributed by atoms with Crippen LogP contribution in [0.3, 0.4) is 0 Å². The molecular formula is C48H64N2O7. The first kappa shape index (κ1) is 38.2. The fourth-order valence-corrected chi connectivity index (χ4v) is 13.0. The largest absolute Gasteiger partial charge is 0.441 e. The summed E-state index contributed by atoms with van der Waals surface area (Å²) in [6, 6.07) is 18.3. The summed E-state index contributed by atoms with van der Waals surface area (Å²) in [6.45, 7) is 0.737. The Labute approximate surface area is 339 Å². The van der Waals surface area contributed by atoms with Crippen molar-refractivity contribution < 1.29 is 33.3 Å². The average Bonchev–Trinajstić information content (AvgIpc) is 4.02. The van der Waals surface area contributed by atoms with Gasteiger partial charge in [0.05, 0.1) is 19.3 Å². The van der Waals surface area contributed by atoms with Crippen molar-refractivity contribution >= 4 is 17.7 Å². The Hall–Kier alpha value is -2.98. The average molecular weight is 781 g/mol. The van der Waals surface area contributed by atoms with Gasteiger partial charge in [0.25, 0.3) is 5.91 Å². The Morgan fingerprint density at radius 2 is 0.947 bits per heavy atom. The van der Waals surface area contributed by atoms with Crippen LogP contribution in [-0.2, 0) is 28.5 Å². The highest BCUT2D eigenvalue weighted by molar-refractivity contribution is 6.07. The van der Waals surface area contributed by atoms with E-state index in [1.54, 1.807) is 4.90 Å². The topological polar surface area (TPSA) is 86.8 Å². The number of carbonyl (C=O) groups excluding carboxylic acids is 2. The van der Waals surface area contributed by atoms with Gasteiger partial charge in [-0.1, -0.05) is 126 Å². The van der Waals surface area contributed by atoms with Crippen LogP contribution in [0.5, 0.6) is 0 Å². The highest BCUT2D eigenvalue weighted by atomic mass is 16.8. The van der Waals surface area contributed by atoms with Gasteiger partial charge in [0.1, 0.15) is 24.3 Å². The number of carbonyl (C=O) groups is 2. The minimum atomic E-state index is -0.762. The molecule has 2 aromatic carbocycles. The van der Waals surface area contributed by atoms with Crippen LogP contribution in [-0.4, -0.2) is 72.1 Å². The number of benzene rings is 2. The van der Waals surface area contributed by atoms with Crippen molar-refractivity contribution in [3.63, 3.8) is 0 Å². The van der Waals surface area contributed by atoms with Crippen molar-refractivity contribution in [2.45, 2.75) is 176 Å². The smallest absolute Gasteiger partial charge is 0.411 e. The van der Waals surface area contributed by atoms with E-state index in [9.17, 15) is 9.59 Å². The molecular weight excluding hydrogens is 717 g/mol. The van der Waals surface area contributed by atoms with E-state index in [0.29, 0.717) is 36.9 Å². The van der Waals surface area contributed by atoms with E-state index in [-0.39, 0.29) is 11.9 Å². The van der Waals surface area contributed by atoms with Crippen LogP contribution in [0.2, 0.25) is 0 Å². The van der Waals surface area contributed by atoms with E-state index in [4.69, 9.17) is 23.7 Å². The molecule has 2 aromatic rings. The predicted molar refractivity (Wildman–Crippen MR) is 216 cm³/mol. The van der Waals surface area contributed by atoms with Gasteiger partial charge < -0.3 is 28.6 Å². The van der Waals surface area contributed by atoms with Crippen molar-refractivity contribution in [3.8, 4) is 0 Å². The van der Waals surface area contributed by atoms with Gasteiger partial charge in [0.2, 0.25) is 0 Å². The van der Waals surface area contributed by atoms with Gasteiger partial charge in [0, 0.05) is 29.4 Å². The number of rotatable bonds is 9. The molecule has 8 aliphatic rings. The molecule has 2 amide bonds. The second-order valence-electron chi connectivity index (χ2n) is 18.8. The lowest BCUT2D eigenvalue weighted by Crippen LogP contribution is -2.69. The lowest BCUT2D eigenvalue weighted by Gasteiger charge is -2.51. The predicted octanol–water partition coefficient (Wildman–Crippen LogP) is 9.88. The molecule has 0 N–H and O–H groups in total. The zero-order chi connectivity index (χ0) is 38.4. The molecule has 0 unspecified atom stereocenters. The van der Waals surface area contributed by atoms with Gasteiger partial charge in [-0.2, -0.15) is 0 Å². The maximum absolute atomic E-state index is 14.8. The number of amides is 2. The molecule has 0 radical (unpaired) electrons. The monoisotopic (exact) mass is 780 g/mol. The molecule has 4 aliphatic heterocycles. The lowest BCUT2D eigenvalue weighted by molar-refractivity contribution is -0.261. The maximum atomic E-state index is 14.8. The molecule has 4 saturated heterocycles. The Bertz CT molecular complexity index is 1650. The number of hydrogen-bond donors (Lipinski definition) is 0. The summed E-state index contributed by atoms with van der Waals surface area (Å²) in [5, 5.41) is 0.